The first-order valence-electron chi connectivity index (χ1n) is 6.00. The van der Waals surface area contributed by atoms with E-state index < -0.39 is 0 Å². The Balaban J connectivity index is 2.41. The average Bonchev–Trinajstić information content (AvgIpc) is 2.79. The maximum absolute atomic E-state index is 12.2. The third kappa shape index (κ3) is 2.91. The number of aryl methyl sites for hydroxylation is 1. The molecule has 0 bridgehead atoms. The van der Waals surface area contributed by atoms with Gasteiger partial charge in [-0.15, -0.1) is 0 Å². The third-order valence-corrected chi connectivity index (χ3v) is 2.67. The van der Waals surface area contributed by atoms with Crippen LogP contribution in [0.25, 0.3) is 11.3 Å². The zero-order chi connectivity index (χ0) is 13.8. The van der Waals surface area contributed by atoms with Crippen molar-refractivity contribution in [1.29, 1.82) is 0 Å². The van der Waals surface area contributed by atoms with Crippen molar-refractivity contribution in [3.8, 4) is 11.3 Å². The molecule has 0 amide bonds. The van der Waals surface area contributed by atoms with Crippen molar-refractivity contribution in [3.63, 3.8) is 0 Å². The van der Waals surface area contributed by atoms with Gasteiger partial charge in [0.1, 0.15) is 0 Å². The van der Waals surface area contributed by atoms with Crippen molar-refractivity contribution in [1.82, 2.24) is 10.1 Å². The normalized spacial score (nSPS) is 10.9. The van der Waals surface area contributed by atoms with Crippen molar-refractivity contribution < 1.29 is 9.32 Å². The second-order valence-electron chi connectivity index (χ2n) is 4.48. The van der Waals surface area contributed by atoms with E-state index in [1.54, 1.807) is 13.1 Å². The van der Waals surface area contributed by atoms with Crippen LogP contribution in [0.5, 0.6) is 0 Å². The number of allylic oxidation sites excluding steroid dienone is 1. The zero-order valence-corrected chi connectivity index (χ0v) is 11.3. The molecule has 0 aliphatic heterocycles. The molecule has 0 aliphatic rings. The second kappa shape index (κ2) is 5.52. The highest BCUT2D eigenvalue weighted by atomic mass is 16.5. The summed E-state index contributed by atoms with van der Waals surface area (Å²) >= 11 is 0. The van der Waals surface area contributed by atoms with Crippen molar-refractivity contribution >= 4 is 5.78 Å². The Labute approximate surface area is 112 Å². The monoisotopic (exact) mass is 256 g/mol. The number of benzene rings is 1. The maximum atomic E-state index is 12.2. The number of ketones is 1. The molecule has 0 fully saturated rings. The summed E-state index contributed by atoms with van der Waals surface area (Å²) in [5, 5.41) is 3.90. The first kappa shape index (κ1) is 13.1. The number of carbonyl (C=O) groups is 1. The lowest BCUT2D eigenvalue weighted by molar-refractivity contribution is 0.104. The van der Waals surface area contributed by atoms with Crippen molar-refractivity contribution in [2.24, 2.45) is 0 Å². The van der Waals surface area contributed by atoms with E-state index in [9.17, 15) is 4.79 Å². The van der Waals surface area contributed by atoms with Gasteiger partial charge in [0.15, 0.2) is 11.5 Å². The van der Waals surface area contributed by atoms with Gasteiger partial charge in [0.2, 0.25) is 0 Å². The molecule has 0 saturated heterocycles. The second-order valence-corrected chi connectivity index (χ2v) is 4.48. The summed E-state index contributed by atoms with van der Waals surface area (Å²) in [5.41, 5.74) is 1.97. The Morgan fingerprint density at radius 1 is 1.26 bits per heavy atom. The van der Waals surface area contributed by atoms with Crippen LogP contribution in [0.2, 0.25) is 0 Å². The number of hydrogen-bond acceptors (Lipinski definition) is 4. The number of hydrogen-bond donors (Lipinski definition) is 0. The standard InChI is InChI=1S/C15H16N2O2/c1-11-14(13(18)9-10-17(2)3)15(19-16-11)12-7-5-4-6-8-12/h4-10H,1-3H3/b10-9+. The summed E-state index contributed by atoms with van der Waals surface area (Å²) < 4.78 is 5.29. The Kier molecular flexibility index (Phi) is 3.80. The van der Waals surface area contributed by atoms with Crippen LogP contribution < -0.4 is 0 Å². The number of rotatable bonds is 4. The van der Waals surface area contributed by atoms with Crippen molar-refractivity contribution in [3.05, 3.63) is 53.9 Å². The number of nitrogens with zero attached hydrogens (tertiary/aromatic N) is 2. The van der Waals surface area contributed by atoms with E-state index in [-0.39, 0.29) is 5.78 Å². The molecule has 0 atom stereocenters. The minimum absolute atomic E-state index is 0.105. The molecule has 19 heavy (non-hydrogen) atoms. The van der Waals surface area contributed by atoms with Gasteiger partial charge in [0.25, 0.3) is 0 Å². The summed E-state index contributed by atoms with van der Waals surface area (Å²) in [6, 6.07) is 9.51. The van der Waals surface area contributed by atoms with E-state index in [2.05, 4.69) is 5.16 Å². The lowest BCUT2D eigenvalue weighted by Gasteiger charge is -2.03. The molecule has 4 heteroatoms. The predicted octanol–water partition coefficient (Wildman–Crippen LogP) is 2.91. The van der Waals surface area contributed by atoms with Gasteiger partial charge in [0.05, 0.1) is 11.3 Å². The Morgan fingerprint density at radius 3 is 2.58 bits per heavy atom. The smallest absolute Gasteiger partial charge is 0.193 e. The van der Waals surface area contributed by atoms with Crippen LogP contribution in [-0.2, 0) is 0 Å². The van der Waals surface area contributed by atoms with Crippen LogP contribution in [0.1, 0.15) is 16.1 Å². The average molecular weight is 256 g/mol. The Hall–Kier alpha value is -2.36. The first-order chi connectivity index (χ1) is 9.09. The molecular weight excluding hydrogens is 240 g/mol. The predicted molar refractivity (Wildman–Crippen MR) is 73.8 cm³/mol. The molecule has 1 heterocycles. The minimum atomic E-state index is -0.105. The molecule has 0 spiro atoms. The van der Waals surface area contributed by atoms with Crippen LogP contribution in [0, 0.1) is 6.92 Å². The zero-order valence-electron chi connectivity index (χ0n) is 11.3. The first-order valence-corrected chi connectivity index (χ1v) is 6.00. The maximum Gasteiger partial charge on any atom is 0.193 e. The highest BCUT2D eigenvalue weighted by molar-refractivity contribution is 6.08. The highest BCUT2D eigenvalue weighted by Gasteiger charge is 2.19. The SMILES string of the molecule is Cc1noc(-c2ccccc2)c1C(=O)/C=C/N(C)C. The van der Waals surface area contributed by atoms with Gasteiger partial charge in [-0.2, -0.15) is 0 Å². The van der Waals surface area contributed by atoms with E-state index in [1.807, 2.05) is 49.3 Å². The van der Waals surface area contributed by atoms with Gasteiger partial charge in [-0.25, -0.2) is 0 Å². The molecule has 1 aromatic heterocycles. The van der Waals surface area contributed by atoms with E-state index in [4.69, 9.17) is 4.52 Å². The van der Waals surface area contributed by atoms with Crippen LogP contribution in [0.4, 0.5) is 0 Å². The largest absolute Gasteiger partial charge is 0.383 e. The summed E-state index contributed by atoms with van der Waals surface area (Å²) in [5.74, 6) is 0.415. The van der Waals surface area contributed by atoms with Gasteiger partial charge in [0, 0.05) is 31.9 Å². The number of aromatic nitrogens is 1. The Bertz CT molecular complexity index is 598. The topological polar surface area (TPSA) is 46.3 Å². The van der Waals surface area contributed by atoms with E-state index in [0.29, 0.717) is 17.0 Å². The summed E-state index contributed by atoms with van der Waals surface area (Å²) in [7, 11) is 3.73. The molecule has 2 rings (SSSR count). The van der Waals surface area contributed by atoms with Crippen LogP contribution in [-0.4, -0.2) is 29.9 Å². The van der Waals surface area contributed by atoms with E-state index in [1.165, 1.54) is 6.08 Å². The summed E-state index contributed by atoms with van der Waals surface area (Å²) in [4.78, 5) is 14.0. The van der Waals surface area contributed by atoms with Crippen LogP contribution in [0.15, 0.2) is 47.1 Å². The van der Waals surface area contributed by atoms with Gasteiger partial charge >= 0.3 is 0 Å². The van der Waals surface area contributed by atoms with Gasteiger partial charge in [-0.1, -0.05) is 35.5 Å². The quantitative estimate of drug-likeness (QED) is 0.623. The fourth-order valence-electron chi connectivity index (χ4n) is 1.75. The van der Waals surface area contributed by atoms with Crippen LogP contribution in [0.3, 0.4) is 0 Å². The summed E-state index contributed by atoms with van der Waals surface area (Å²) in [6.07, 6.45) is 3.23. The van der Waals surface area contributed by atoms with E-state index in [0.717, 1.165) is 5.56 Å². The van der Waals surface area contributed by atoms with Crippen molar-refractivity contribution in [2.45, 2.75) is 6.92 Å². The Morgan fingerprint density at radius 2 is 1.95 bits per heavy atom. The molecule has 1 aromatic carbocycles. The third-order valence-electron chi connectivity index (χ3n) is 2.67. The molecule has 0 radical (unpaired) electrons. The number of carbonyl (C=O) groups excluding carboxylic acids is 1. The van der Waals surface area contributed by atoms with Crippen molar-refractivity contribution in [2.75, 3.05) is 14.1 Å². The molecule has 4 nitrogen and oxygen atoms in total. The minimum Gasteiger partial charge on any atom is -0.383 e. The molecular formula is C15H16N2O2. The van der Waals surface area contributed by atoms with Gasteiger partial charge in [-0.05, 0) is 6.92 Å². The fraction of sp³-hybridized carbons (Fsp3) is 0.200. The lowest BCUT2D eigenvalue weighted by Crippen LogP contribution is -2.04. The lowest BCUT2D eigenvalue weighted by atomic mass is 10.0. The fourth-order valence-corrected chi connectivity index (χ4v) is 1.75. The molecule has 98 valence electrons. The molecule has 0 aliphatic carbocycles. The van der Waals surface area contributed by atoms with Gasteiger partial charge < -0.3 is 9.42 Å². The highest BCUT2D eigenvalue weighted by Crippen LogP contribution is 2.26. The molecule has 2 aromatic rings. The molecule has 0 saturated carbocycles. The summed E-state index contributed by atoms with van der Waals surface area (Å²) in [6.45, 7) is 1.77. The molecule has 0 unspecified atom stereocenters. The molecule has 0 N–H and O–H groups in total. The van der Waals surface area contributed by atoms with Crippen LogP contribution >= 0.6 is 0 Å². The van der Waals surface area contributed by atoms with E-state index >= 15 is 0 Å². The van der Waals surface area contributed by atoms with Gasteiger partial charge in [-0.3, -0.25) is 4.79 Å².